The van der Waals surface area contributed by atoms with Crippen LogP contribution in [0.5, 0.6) is 0 Å². The third-order valence-corrected chi connectivity index (χ3v) is 8.73. The van der Waals surface area contributed by atoms with Crippen LogP contribution in [0.4, 0.5) is 5.69 Å². The Morgan fingerprint density at radius 1 is 0.976 bits per heavy atom. The normalized spacial score (nSPS) is 21.0. The summed E-state index contributed by atoms with van der Waals surface area (Å²) in [7, 11) is 0. The van der Waals surface area contributed by atoms with Crippen molar-refractivity contribution in [1.29, 1.82) is 0 Å². The molecule has 0 saturated heterocycles. The number of rotatable bonds is 8. The Labute approximate surface area is 240 Å². The largest absolute Gasteiger partial charge is 0.467 e. The van der Waals surface area contributed by atoms with Crippen molar-refractivity contribution in [2.45, 2.75) is 77.9 Å². The molecule has 1 aliphatic heterocycles. The third-order valence-electron chi connectivity index (χ3n) is 8.73. The first-order valence-corrected chi connectivity index (χ1v) is 14.4. The second kappa shape index (κ2) is 11.4. The number of hydrogen-bond donors (Lipinski definition) is 1. The van der Waals surface area contributed by atoms with Crippen molar-refractivity contribution in [3.63, 3.8) is 0 Å². The number of nitrogens with one attached hydrogen (secondary N) is 1. The summed E-state index contributed by atoms with van der Waals surface area (Å²) in [6.45, 7) is 7.86. The molecule has 1 N–H and O–H groups in total. The summed E-state index contributed by atoms with van der Waals surface area (Å²) in [6, 6.07) is 14.9. The second-order valence-electron chi connectivity index (χ2n) is 11.4. The molecule has 5 rings (SSSR count). The van der Waals surface area contributed by atoms with E-state index in [1.807, 2.05) is 32.0 Å². The van der Waals surface area contributed by atoms with Gasteiger partial charge in [-0.2, -0.15) is 0 Å². The maximum absolute atomic E-state index is 14.7. The van der Waals surface area contributed by atoms with Gasteiger partial charge in [0.2, 0.25) is 11.8 Å². The van der Waals surface area contributed by atoms with Crippen molar-refractivity contribution in [2.75, 3.05) is 5.32 Å². The molecule has 8 nitrogen and oxygen atoms in total. The van der Waals surface area contributed by atoms with Gasteiger partial charge in [0.15, 0.2) is 0 Å². The summed E-state index contributed by atoms with van der Waals surface area (Å²) in [4.78, 5) is 58.6. The highest BCUT2D eigenvalue weighted by Crippen LogP contribution is 2.40. The summed E-state index contributed by atoms with van der Waals surface area (Å²) < 4.78 is 5.67. The Hall–Kier alpha value is -4.20. The van der Waals surface area contributed by atoms with Gasteiger partial charge in [0.05, 0.1) is 23.9 Å². The number of carbonyl (C=O) groups is 4. The summed E-state index contributed by atoms with van der Waals surface area (Å²) in [5.74, 6) is -0.767. The number of benzene rings is 2. The molecule has 2 aromatic carbocycles. The van der Waals surface area contributed by atoms with Gasteiger partial charge in [-0.05, 0) is 87.3 Å². The monoisotopic (exact) mass is 555 g/mol. The van der Waals surface area contributed by atoms with E-state index in [4.69, 9.17) is 4.42 Å². The number of fused-ring (bicyclic) bond motifs is 1. The van der Waals surface area contributed by atoms with Gasteiger partial charge < -0.3 is 14.6 Å². The molecule has 1 aromatic heterocycles. The van der Waals surface area contributed by atoms with Gasteiger partial charge in [0.1, 0.15) is 17.3 Å². The number of amides is 4. The molecule has 0 bridgehead atoms. The fourth-order valence-corrected chi connectivity index (χ4v) is 6.24. The average Bonchev–Trinajstić information content (AvgIpc) is 3.57. The summed E-state index contributed by atoms with van der Waals surface area (Å²) in [5, 5.41) is 3.17. The number of para-hydroxylation sites is 1. The first-order chi connectivity index (χ1) is 19.7. The van der Waals surface area contributed by atoms with Gasteiger partial charge in [-0.3, -0.25) is 24.1 Å². The van der Waals surface area contributed by atoms with Crippen LogP contribution in [0.3, 0.4) is 0 Å². The number of carbonyl (C=O) groups excluding carboxylic acids is 4. The van der Waals surface area contributed by atoms with Gasteiger partial charge >= 0.3 is 0 Å². The van der Waals surface area contributed by atoms with Gasteiger partial charge in [-0.15, -0.1) is 0 Å². The molecular formula is C33H37N3O5. The van der Waals surface area contributed by atoms with Crippen molar-refractivity contribution in [3.05, 3.63) is 88.9 Å². The number of imide groups is 1. The second-order valence-corrected chi connectivity index (χ2v) is 11.4. The first kappa shape index (κ1) is 28.3. The molecule has 1 unspecified atom stereocenters. The summed E-state index contributed by atoms with van der Waals surface area (Å²) >= 11 is 0. The van der Waals surface area contributed by atoms with Crippen LogP contribution in [-0.2, 0) is 16.1 Å². The van der Waals surface area contributed by atoms with E-state index in [-0.39, 0.29) is 30.0 Å². The maximum atomic E-state index is 14.7. The van der Waals surface area contributed by atoms with E-state index in [0.29, 0.717) is 24.5 Å². The molecule has 3 aromatic rings. The molecule has 2 aliphatic rings. The lowest BCUT2D eigenvalue weighted by molar-refractivity contribution is -0.153. The van der Waals surface area contributed by atoms with Crippen LogP contribution in [-0.4, -0.2) is 45.0 Å². The molecule has 41 heavy (non-hydrogen) atoms. The standard InChI is InChI=1S/C33H37N3O5/c1-5-27(36-29(37)25-13-6-7-14-26(25)30(36)38)31(39)35(20-24-12-9-19-41-24)33(17-15-21(2)16-18-33)32(40)34-28-22(3)10-8-11-23(28)4/h6-14,19,21,27H,5,15-18,20H2,1-4H3,(H,34,40). The van der Waals surface area contributed by atoms with E-state index in [1.165, 1.54) is 6.26 Å². The molecule has 0 spiro atoms. The van der Waals surface area contributed by atoms with Crippen molar-refractivity contribution in [3.8, 4) is 0 Å². The molecular weight excluding hydrogens is 518 g/mol. The highest BCUT2D eigenvalue weighted by atomic mass is 16.3. The Bertz CT molecular complexity index is 1410. The Balaban J connectivity index is 1.57. The van der Waals surface area contributed by atoms with Gasteiger partial charge in [0.25, 0.3) is 11.8 Å². The van der Waals surface area contributed by atoms with Crippen LogP contribution in [0.1, 0.15) is 83.6 Å². The van der Waals surface area contributed by atoms with E-state index in [1.54, 1.807) is 48.2 Å². The Morgan fingerprint density at radius 3 is 2.12 bits per heavy atom. The lowest BCUT2D eigenvalue weighted by Crippen LogP contribution is -2.63. The fourth-order valence-electron chi connectivity index (χ4n) is 6.24. The molecule has 1 atom stereocenters. The third kappa shape index (κ3) is 5.07. The summed E-state index contributed by atoms with van der Waals surface area (Å²) in [5.41, 5.74) is 1.97. The molecule has 0 radical (unpaired) electrons. The number of anilines is 1. The van der Waals surface area contributed by atoms with Crippen molar-refractivity contribution in [2.24, 2.45) is 5.92 Å². The lowest BCUT2D eigenvalue weighted by Gasteiger charge is -2.47. The van der Waals surface area contributed by atoms with Crippen LogP contribution in [0.15, 0.2) is 65.3 Å². The van der Waals surface area contributed by atoms with Gasteiger partial charge in [-0.1, -0.05) is 44.2 Å². The zero-order chi connectivity index (χ0) is 29.3. The smallest absolute Gasteiger partial charge is 0.262 e. The Kier molecular flexibility index (Phi) is 7.84. The average molecular weight is 556 g/mol. The molecule has 1 saturated carbocycles. The van der Waals surface area contributed by atoms with Crippen molar-refractivity contribution >= 4 is 29.3 Å². The quantitative estimate of drug-likeness (QED) is 0.350. The molecule has 2 heterocycles. The summed E-state index contributed by atoms with van der Waals surface area (Å²) in [6.07, 6.45) is 4.17. The molecule has 1 fully saturated rings. The zero-order valence-electron chi connectivity index (χ0n) is 24.1. The minimum atomic E-state index is -1.20. The van der Waals surface area contributed by atoms with E-state index in [0.717, 1.165) is 34.6 Å². The van der Waals surface area contributed by atoms with Crippen LogP contribution in [0.2, 0.25) is 0 Å². The number of nitrogens with zero attached hydrogens (tertiary/aromatic N) is 2. The molecule has 4 amide bonds. The minimum absolute atomic E-state index is 0.0417. The van der Waals surface area contributed by atoms with Gasteiger partial charge in [0, 0.05) is 5.69 Å². The van der Waals surface area contributed by atoms with Gasteiger partial charge in [-0.25, -0.2) is 0 Å². The van der Waals surface area contributed by atoms with E-state index < -0.39 is 29.3 Å². The van der Waals surface area contributed by atoms with E-state index >= 15 is 0 Å². The number of aryl methyl sites for hydroxylation is 2. The first-order valence-electron chi connectivity index (χ1n) is 14.4. The topological polar surface area (TPSA) is 99.9 Å². The van der Waals surface area contributed by atoms with Crippen LogP contribution < -0.4 is 5.32 Å². The van der Waals surface area contributed by atoms with E-state index in [2.05, 4.69) is 12.2 Å². The predicted molar refractivity (Wildman–Crippen MR) is 155 cm³/mol. The molecule has 1 aliphatic carbocycles. The predicted octanol–water partition coefficient (Wildman–Crippen LogP) is 5.89. The SMILES string of the molecule is CCC(C(=O)N(Cc1ccco1)C1(C(=O)Nc2c(C)cccc2C)CCC(C)CC1)N1C(=O)c2ccccc2C1=O. The zero-order valence-corrected chi connectivity index (χ0v) is 24.1. The minimum Gasteiger partial charge on any atom is -0.467 e. The molecule has 8 heteroatoms. The Morgan fingerprint density at radius 2 is 1.59 bits per heavy atom. The highest BCUT2D eigenvalue weighted by Gasteiger charge is 2.52. The molecule has 214 valence electrons. The lowest BCUT2D eigenvalue weighted by atomic mass is 9.74. The number of hydrogen-bond acceptors (Lipinski definition) is 5. The van der Waals surface area contributed by atoms with Crippen LogP contribution >= 0.6 is 0 Å². The number of furan rings is 1. The van der Waals surface area contributed by atoms with Crippen LogP contribution in [0.25, 0.3) is 0 Å². The highest BCUT2D eigenvalue weighted by molar-refractivity contribution is 6.23. The fraction of sp³-hybridized carbons (Fsp3) is 0.394. The van der Waals surface area contributed by atoms with Crippen LogP contribution in [0, 0.1) is 19.8 Å². The van der Waals surface area contributed by atoms with Crippen molar-refractivity contribution < 1.29 is 23.6 Å². The maximum Gasteiger partial charge on any atom is 0.262 e. The van der Waals surface area contributed by atoms with Crippen molar-refractivity contribution in [1.82, 2.24) is 9.80 Å². The van der Waals surface area contributed by atoms with E-state index in [9.17, 15) is 19.2 Å².